The van der Waals surface area contributed by atoms with Crippen molar-refractivity contribution in [3.63, 3.8) is 0 Å². The van der Waals surface area contributed by atoms with Crippen LogP contribution < -0.4 is 5.32 Å². The lowest BCUT2D eigenvalue weighted by Crippen LogP contribution is -2.19. The third-order valence-corrected chi connectivity index (χ3v) is 3.32. The standard InChI is InChI=1S/C13H16F3N/c1-13(2)4-3-9(7-13)17-12-10(15)5-8(14)6-11(12)16/h5-6,9,17H,3-4,7H2,1-2H3. The van der Waals surface area contributed by atoms with Crippen molar-refractivity contribution in [3.8, 4) is 0 Å². The molecule has 0 aromatic heterocycles. The van der Waals surface area contributed by atoms with Gasteiger partial charge in [0.05, 0.1) is 0 Å². The van der Waals surface area contributed by atoms with Crippen LogP contribution in [0.4, 0.5) is 18.9 Å². The van der Waals surface area contributed by atoms with Crippen molar-refractivity contribution in [2.45, 2.75) is 39.2 Å². The topological polar surface area (TPSA) is 12.0 Å². The lowest BCUT2D eigenvalue weighted by atomic mass is 9.92. The third kappa shape index (κ3) is 2.73. The summed E-state index contributed by atoms with van der Waals surface area (Å²) in [6, 6.07) is 1.45. The molecule has 0 saturated heterocycles. The Morgan fingerprint density at radius 1 is 1.18 bits per heavy atom. The normalized spacial score (nSPS) is 22.8. The van der Waals surface area contributed by atoms with Gasteiger partial charge in [0, 0.05) is 18.2 Å². The van der Waals surface area contributed by atoms with Gasteiger partial charge in [0.15, 0.2) is 11.6 Å². The number of halogens is 3. The van der Waals surface area contributed by atoms with E-state index in [1.165, 1.54) is 0 Å². The summed E-state index contributed by atoms with van der Waals surface area (Å²) in [7, 11) is 0. The molecule has 1 atom stereocenters. The van der Waals surface area contributed by atoms with Crippen LogP contribution >= 0.6 is 0 Å². The van der Waals surface area contributed by atoms with Crippen LogP contribution in [0.5, 0.6) is 0 Å². The Morgan fingerprint density at radius 2 is 1.76 bits per heavy atom. The summed E-state index contributed by atoms with van der Waals surface area (Å²) >= 11 is 0. The van der Waals surface area contributed by atoms with Gasteiger partial charge >= 0.3 is 0 Å². The van der Waals surface area contributed by atoms with E-state index >= 15 is 0 Å². The van der Waals surface area contributed by atoms with Gasteiger partial charge in [-0.3, -0.25) is 0 Å². The van der Waals surface area contributed by atoms with Gasteiger partial charge in [0.25, 0.3) is 0 Å². The van der Waals surface area contributed by atoms with E-state index in [0.717, 1.165) is 19.3 Å². The molecule has 0 heterocycles. The highest BCUT2D eigenvalue weighted by atomic mass is 19.1. The van der Waals surface area contributed by atoms with Gasteiger partial charge in [-0.05, 0) is 24.7 Å². The summed E-state index contributed by atoms with van der Waals surface area (Å²) < 4.78 is 39.6. The largest absolute Gasteiger partial charge is 0.378 e. The van der Waals surface area contributed by atoms with Crippen LogP contribution in [0.25, 0.3) is 0 Å². The predicted molar refractivity (Wildman–Crippen MR) is 61.4 cm³/mol. The van der Waals surface area contributed by atoms with Crippen LogP contribution in [0, 0.1) is 22.9 Å². The molecule has 17 heavy (non-hydrogen) atoms. The molecule has 1 aromatic carbocycles. The van der Waals surface area contributed by atoms with E-state index in [1.807, 2.05) is 0 Å². The third-order valence-electron chi connectivity index (χ3n) is 3.32. The van der Waals surface area contributed by atoms with Gasteiger partial charge in [-0.1, -0.05) is 13.8 Å². The van der Waals surface area contributed by atoms with Crippen molar-refractivity contribution >= 4 is 5.69 Å². The molecule has 1 aromatic rings. The predicted octanol–water partition coefficient (Wildman–Crippen LogP) is 4.09. The number of hydrogen-bond donors (Lipinski definition) is 1. The summed E-state index contributed by atoms with van der Waals surface area (Å²) in [6.45, 7) is 4.26. The van der Waals surface area contributed by atoms with Crippen molar-refractivity contribution in [2.75, 3.05) is 5.32 Å². The molecule has 0 bridgehead atoms. The average molecular weight is 243 g/mol. The zero-order valence-electron chi connectivity index (χ0n) is 9.99. The first-order valence-corrected chi connectivity index (χ1v) is 5.78. The molecule has 0 spiro atoms. The second kappa shape index (κ2) is 4.24. The zero-order chi connectivity index (χ0) is 12.6. The van der Waals surface area contributed by atoms with E-state index in [0.29, 0.717) is 12.1 Å². The smallest absolute Gasteiger partial charge is 0.152 e. The van der Waals surface area contributed by atoms with Crippen LogP contribution in [-0.2, 0) is 0 Å². The molecular weight excluding hydrogens is 227 g/mol. The van der Waals surface area contributed by atoms with Crippen molar-refractivity contribution < 1.29 is 13.2 Å². The Hall–Kier alpha value is -1.19. The lowest BCUT2D eigenvalue weighted by molar-refractivity contribution is 0.378. The highest BCUT2D eigenvalue weighted by molar-refractivity contribution is 5.47. The van der Waals surface area contributed by atoms with Gasteiger partial charge in [0.2, 0.25) is 0 Å². The first kappa shape index (κ1) is 12.3. The molecule has 94 valence electrons. The summed E-state index contributed by atoms with van der Waals surface area (Å²) in [5.41, 5.74) is -0.0147. The van der Waals surface area contributed by atoms with Gasteiger partial charge in [-0.15, -0.1) is 0 Å². The van der Waals surface area contributed by atoms with Crippen LogP contribution in [0.3, 0.4) is 0 Å². The molecule has 2 rings (SSSR count). The first-order valence-electron chi connectivity index (χ1n) is 5.78. The lowest BCUT2D eigenvalue weighted by Gasteiger charge is -2.19. The fourth-order valence-electron chi connectivity index (χ4n) is 2.44. The molecule has 1 fully saturated rings. The number of benzene rings is 1. The number of nitrogens with one attached hydrogen (secondary N) is 1. The fourth-order valence-corrected chi connectivity index (χ4v) is 2.44. The zero-order valence-corrected chi connectivity index (χ0v) is 9.99. The summed E-state index contributed by atoms with van der Waals surface area (Å²) in [5, 5.41) is 2.84. The number of anilines is 1. The van der Waals surface area contributed by atoms with Crippen molar-refractivity contribution in [2.24, 2.45) is 5.41 Å². The molecule has 0 radical (unpaired) electrons. The SMILES string of the molecule is CC1(C)CCC(Nc2c(F)cc(F)cc2F)C1. The van der Waals surface area contributed by atoms with E-state index in [1.54, 1.807) is 0 Å². The van der Waals surface area contributed by atoms with Crippen molar-refractivity contribution in [1.29, 1.82) is 0 Å². The molecule has 1 aliphatic rings. The molecule has 1 nitrogen and oxygen atoms in total. The number of hydrogen-bond acceptors (Lipinski definition) is 1. The Balaban J connectivity index is 2.15. The van der Waals surface area contributed by atoms with Gasteiger partial charge < -0.3 is 5.32 Å². The second-order valence-electron chi connectivity index (χ2n) is 5.49. The summed E-state index contributed by atoms with van der Waals surface area (Å²) in [5.74, 6) is -2.63. The van der Waals surface area contributed by atoms with Crippen LogP contribution in [0.15, 0.2) is 12.1 Å². The minimum atomic E-state index is -0.891. The first-order chi connectivity index (χ1) is 7.87. The van der Waals surface area contributed by atoms with Crippen molar-refractivity contribution in [1.82, 2.24) is 0 Å². The Kier molecular flexibility index (Phi) is 3.06. The van der Waals surface area contributed by atoms with E-state index in [4.69, 9.17) is 0 Å². The Labute approximate surface area is 99.0 Å². The summed E-state index contributed by atoms with van der Waals surface area (Å²) in [4.78, 5) is 0. The maximum Gasteiger partial charge on any atom is 0.152 e. The molecular formula is C13H16F3N. The van der Waals surface area contributed by atoms with Gasteiger partial charge in [0.1, 0.15) is 11.5 Å². The molecule has 0 amide bonds. The Bertz CT molecular complexity index is 406. The molecule has 0 aliphatic heterocycles. The minimum Gasteiger partial charge on any atom is -0.378 e. The molecule has 4 heteroatoms. The minimum absolute atomic E-state index is 0.0551. The maximum absolute atomic E-state index is 13.4. The van der Waals surface area contributed by atoms with Crippen molar-refractivity contribution in [3.05, 3.63) is 29.6 Å². The quantitative estimate of drug-likeness (QED) is 0.824. The monoisotopic (exact) mass is 243 g/mol. The summed E-state index contributed by atoms with van der Waals surface area (Å²) in [6.07, 6.45) is 2.77. The van der Waals surface area contributed by atoms with E-state index < -0.39 is 17.5 Å². The fraction of sp³-hybridized carbons (Fsp3) is 0.538. The van der Waals surface area contributed by atoms with E-state index in [9.17, 15) is 13.2 Å². The van der Waals surface area contributed by atoms with Gasteiger partial charge in [-0.2, -0.15) is 0 Å². The number of rotatable bonds is 2. The van der Waals surface area contributed by atoms with Crippen LogP contribution in [0.1, 0.15) is 33.1 Å². The molecule has 1 N–H and O–H groups in total. The molecule has 1 aliphatic carbocycles. The highest BCUT2D eigenvalue weighted by Gasteiger charge is 2.31. The molecule has 1 saturated carbocycles. The maximum atomic E-state index is 13.4. The highest BCUT2D eigenvalue weighted by Crippen LogP contribution is 2.38. The Morgan fingerprint density at radius 3 is 2.24 bits per heavy atom. The molecule has 1 unspecified atom stereocenters. The second-order valence-corrected chi connectivity index (χ2v) is 5.49. The van der Waals surface area contributed by atoms with E-state index in [2.05, 4.69) is 19.2 Å². The van der Waals surface area contributed by atoms with Crippen LogP contribution in [-0.4, -0.2) is 6.04 Å². The van der Waals surface area contributed by atoms with Crippen LogP contribution in [0.2, 0.25) is 0 Å². The van der Waals surface area contributed by atoms with E-state index in [-0.39, 0.29) is 17.1 Å². The average Bonchev–Trinajstić information content (AvgIpc) is 2.52. The van der Waals surface area contributed by atoms with Gasteiger partial charge in [-0.25, -0.2) is 13.2 Å².